The molecule has 0 unspecified atom stereocenters. The first-order chi connectivity index (χ1) is 12.1. The van der Waals surface area contributed by atoms with Gasteiger partial charge in [0, 0.05) is 18.4 Å². The maximum Gasteiger partial charge on any atom is 0.225 e. The highest BCUT2D eigenvalue weighted by atomic mass is 16.1. The Bertz CT molecular complexity index is 897. The number of fused-ring (bicyclic) bond motifs is 2. The molecule has 25 heavy (non-hydrogen) atoms. The molecule has 1 N–H and O–H groups in total. The number of anilines is 1. The van der Waals surface area contributed by atoms with Crippen LogP contribution in [0.3, 0.4) is 0 Å². The van der Waals surface area contributed by atoms with Crippen molar-refractivity contribution >= 4 is 33.7 Å². The van der Waals surface area contributed by atoms with Crippen molar-refractivity contribution in [2.75, 3.05) is 5.32 Å². The van der Waals surface area contributed by atoms with E-state index in [0.29, 0.717) is 12.2 Å². The Morgan fingerprint density at radius 3 is 2.72 bits per heavy atom. The quantitative estimate of drug-likeness (QED) is 0.672. The van der Waals surface area contributed by atoms with Gasteiger partial charge in [-0.3, -0.25) is 4.79 Å². The van der Waals surface area contributed by atoms with Crippen LogP contribution in [0.2, 0.25) is 0 Å². The fourth-order valence-electron chi connectivity index (χ4n) is 2.95. The summed E-state index contributed by atoms with van der Waals surface area (Å²) in [6.45, 7) is 7.12. The third-order valence-corrected chi connectivity index (χ3v) is 4.41. The Labute approximate surface area is 148 Å². The highest BCUT2D eigenvalue weighted by Gasteiger charge is 2.15. The second-order valence-corrected chi connectivity index (χ2v) is 6.63. The fraction of sp³-hybridized carbons (Fsp3) is 0.450. The lowest BCUT2D eigenvalue weighted by Gasteiger charge is -2.03. The summed E-state index contributed by atoms with van der Waals surface area (Å²) in [5, 5.41) is 9.61. The van der Waals surface area contributed by atoms with Crippen molar-refractivity contribution in [2.45, 2.75) is 59.4 Å². The van der Waals surface area contributed by atoms with Crippen molar-refractivity contribution in [1.82, 2.24) is 14.8 Å². The number of carbonyl (C=O) groups is 1. The van der Waals surface area contributed by atoms with Crippen molar-refractivity contribution in [1.29, 1.82) is 0 Å². The topological polar surface area (TPSA) is 59.8 Å². The molecule has 2 heterocycles. The van der Waals surface area contributed by atoms with E-state index in [-0.39, 0.29) is 5.91 Å². The molecule has 0 fully saturated rings. The minimum atomic E-state index is 0.0212. The summed E-state index contributed by atoms with van der Waals surface area (Å²) in [4.78, 5) is 17.0. The largest absolute Gasteiger partial charge is 0.309 e. The Hall–Kier alpha value is -2.43. The number of amides is 1. The van der Waals surface area contributed by atoms with Crippen LogP contribution in [0.1, 0.15) is 51.5 Å². The molecule has 2 aromatic heterocycles. The summed E-state index contributed by atoms with van der Waals surface area (Å²) in [7, 11) is 0. The van der Waals surface area contributed by atoms with E-state index in [9.17, 15) is 4.79 Å². The van der Waals surface area contributed by atoms with Crippen LogP contribution in [0.5, 0.6) is 0 Å². The molecular formula is C20H26N4O. The third-order valence-electron chi connectivity index (χ3n) is 4.41. The van der Waals surface area contributed by atoms with E-state index in [4.69, 9.17) is 4.98 Å². The Morgan fingerprint density at radius 1 is 1.16 bits per heavy atom. The van der Waals surface area contributed by atoms with Gasteiger partial charge in [-0.1, -0.05) is 38.8 Å². The predicted octanol–water partition coefficient (Wildman–Crippen LogP) is 4.82. The molecular weight excluding hydrogens is 312 g/mol. The number of benzene rings is 1. The van der Waals surface area contributed by atoms with Crippen LogP contribution in [-0.2, 0) is 11.3 Å². The number of nitrogens with zero attached hydrogens (tertiary/aromatic N) is 3. The molecule has 1 aromatic carbocycles. The average molecular weight is 338 g/mol. The highest BCUT2D eigenvalue weighted by Crippen LogP contribution is 2.27. The molecule has 0 aliphatic heterocycles. The Balaban J connectivity index is 2.05. The minimum Gasteiger partial charge on any atom is -0.309 e. The molecule has 0 aliphatic carbocycles. The summed E-state index contributed by atoms with van der Waals surface area (Å²) in [5.41, 5.74) is 3.00. The van der Waals surface area contributed by atoms with Gasteiger partial charge in [0.25, 0.3) is 0 Å². The molecule has 0 saturated carbocycles. The van der Waals surface area contributed by atoms with E-state index >= 15 is 0 Å². The van der Waals surface area contributed by atoms with E-state index in [1.165, 1.54) is 5.56 Å². The lowest BCUT2D eigenvalue weighted by atomic mass is 10.1. The first-order valence-corrected chi connectivity index (χ1v) is 9.20. The molecule has 1 amide bonds. The smallest absolute Gasteiger partial charge is 0.225 e. The summed E-state index contributed by atoms with van der Waals surface area (Å²) in [5.74, 6) is 0.648. The zero-order valence-electron chi connectivity index (χ0n) is 15.3. The Morgan fingerprint density at radius 2 is 1.96 bits per heavy atom. The number of rotatable bonds is 7. The van der Waals surface area contributed by atoms with E-state index in [1.54, 1.807) is 0 Å². The van der Waals surface area contributed by atoms with Crippen LogP contribution in [-0.4, -0.2) is 20.7 Å². The van der Waals surface area contributed by atoms with E-state index in [0.717, 1.165) is 54.2 Å². The first-order valence-electron chi connectivity index (χ1n) is 9.20. The van der Waals surface area contributed by atoms with Gasteiger partial charge >= 0.3 is 0 Å². The van der Waals surface area contributed by atoms with E-state index in [1.807, 2.05) is 4.68 Å². The standard InChI is InChI=1S/C20H26N4O/c1-4-6-8-18(25)22-19-16-13-15-10-9-14(3)12-17(15)21-20(16)24(23-19)11-7-5-2/h9-10,12-13H,4-8,11H2,1-3H3,(H,22,23,25). The zero-order valence-corrected chi connectivity index (χ0v) is 15.3. The van der Waals surface area contributed by atoms with Crippen LogP contribution in [0.15, 0.2) is 24.3 Å². The first kappa shape index (κ1) is 17.4. The van der Waals surface area contributed by atoms with Gasteiger partial charge in [-0.05, 0) is 37.5 Å². The minimum absolute atomic E-state index is 0.0212. The van der Waals surface area contributed by atoms with Crippen LogP contribution in [0.25, 0.3) is 21.9 Å². The van der Waals surface area contributed by atoms with Crippen LogP contribution < -0.4 is 5.32 Å². The SMILES string of the molecule is CCCCC(=O)Nc1nn(CCCC)c2nc3cc(C)ccc3cc12. The van der Waals surface area contributed by atoms with Crippen molar-refractivity contribution in [2.24, 2.45) is 0 Å². The number of hydrogen-bond acceptors (Lipinski definition) is 3. The molecule has 3 aromatic rings. The lowest BCUT2D eigenvalue weighted by molar-refractivity contribution is -0.116. The van der Waals surface area contributed by atoms with Crippen LogP contribution in [0, 0.1) is 6.92 Å². The van der Waals surface area contributed by atoms with Gasteiger partial charge in [0.15, 0.2) is 11.5 Å². The van der Waals surface area contributed by atoms with Crippen molar-refractivity contribution in [3.8, 4) is 0 Å². The van der Waals surface area contributed by atoms with Crippen molar-refractivity contribution < 1.29 is 4.79 Å². The number of hydrogen-bond donors (Lipinski definition) is 1. The van der Waals surface area contributed by atoms with Crippen molar-refractivity contribution in [3.63, 3.8) is 0 Å². The molecule has 0 atom stereocenters. The number of nitrogens with one attached hydrogen (secondary N) is 1. The average Bonchev–Trinajstić information content (AvgIpc) is 2.92. The molecule has 0 radical (unpaired) electrons. The molecule has 3 rings (SSSR count). The van der Waals surface area contributed by atoms with Crippen molar-refractivity contribution in [3.05, 3.63) is 29.8 Å². The van der Waals surface area contributed by atoms with E-state index in [2.05, 4.69) is 55.5 Å². The monoisotopic (exact) mass is 338 g/mol. The molecule has 132 valence electrons. The maximum atomic E-state index is 12.2. The summed E-state index contributed by atoms with van der Waals surface area (Å²) in [6, 6.07) is 8.33. The fourth-order valence-corrected chi connectivity index (χ4v) is 2.95. The van der Waals surface area contributed by atoms with Gasteiger partial charge in [0.1, 0.15) is 0 Å². The summed E-state index contributed by atoms with van der Waals surface area (Å²) >= 11 is 0. The number of pyridine rings is 1. The van der Waals surface area contributed by atoms with Gasteiger partial charge < -0.3 is 5.32 Å². The van der Waals surface area contributed by atoms with E-state index < -0.39 is 0 Å². The molecule has 0 bridgehead atoms. The molecule has 5 heteroatoms. The van der Waals surface area contributed by atoms with Gasteiger partial charge in [-0.2, -0.15) is 5.10 Å². The normalized spacial score (nSPS) is 11.3. The second kappa shape index (κ2) is 7.64. The number of aromatic nitrogens is 3. The van der Waals surface area contributed by atoms with Gasteiger partial charge in [-0.15, -0.1) is 0 Å². The Kier molecular flexibility index (Phi) is 5.31. The molecule has 0 aliphatic rings. The van der Waals surface area contributed by atoms with Crippen LogP contribution >= 0.6 is 0 Å². The maximum absolute atomic E-state index is 12.2. The lowest BCUT2D eigenvalue weighted by Crippen LogP contribution is -2.12. The van der Waals surface area contributed by atoms with Gasteiger partial charge in [-0.25, -0.2) is 9.67 Å². The molecule has 0 spiro atoms. The predicted molar refractivity (Wildman–Crippen MR) is 103 cm³/mol. The summed E-state index contributed by atoms with van der Waals surface area (Å²) < 4.78 is 1.93. The summed E-state index contributed by atoms with van der Waals surface area (Å²) in [6.07, 6.45) is 4.55. The third kappa shape index (κ3) is 3.81. The number of unbranched alkanes of at least 4 members (excludes halogenated alkanes) is 2. The number of carbonyl (C=O) groups excluding carboxylic acids is 1. The molecule has 0 saturated heterocycles. The van der Waals surface area contributed by atoms with Gasteiger partial charge in [0.2, 0.25) is 5.91 Å². The second-order valence-electron chi connectivity index (χ2n) is 6.63. The zero-order chi connectivity index (χ0) is 17.8. The van der Waals surface area contributed by atoms with Crippen LogP contribution in [0.4, 0.5) is 5.82 Å². The highest BCUT2D eigenvalue weighted by molar-refractivity contribution is 6.02. The molecule has 5 nitrogen and oxygen atoms in total. The number of aryl methyl sites for hydroxylation is 2. The van der Waals surface area contributed by atoms with Gasteiger partial charge in [0.05, 0.1) is 10.9 Å².